The van der Waals surface area contributed by atoms with Gasteiger partial charge in [0.05, 0.1) is 24.4 Å². The van der Waals surface area contributed by atoms with Crippen LogP contribution in [0.1, 0.15) is 61.5 Å². The molecule has 2 aromatic heterocycles. The van der Waals surface area contributed by atoms with Crippen molar-refractivity contribution in [2.45, 2.75) is 57.9 Å². The number of aromatic nitrogens is 2. The first-order valence-corrected chi connectivity index (χ1v) is 12.1. The van der Waals surface area contributed by atoms with Gasteiger partial charge in [-0.2, -0.15) is 0 Å². The van der Waals surface area contributed by atoms with Gasteiger partial charge in [0.15, 0.2) is 16.3 Å². The van der Waals surface area contributed by atoms with Crippen molar-refractivity contribution >= 4 is 17.6 Å². The summed E-state index contributed by atoms with van der Waals surface area (Å²) in [5, 5.41) is 0.286. The molecule has 3 rings (SSSR count). The molecule has 0 unspecified atom stereocenters. The zero-order valence-corrected chi connectivity index (χ0v) is 20.9. The molecule has 8 nitrogen and oxygen atoms in total. The lowest BCUT2D eigenvalue weighted by atomic mass is 9.81. The Morgan fingerprint density at radius 3 is 2.65 bits per heavy atom. The average Bonchev–Trinajstić information content (AvgIpc) is 2.83. The maximum Gasteiger partial charge on any atom is 0.343 e. The molecule has 186 valence electrons. The minimum atomic E-state index is -0.610. The van der Waals surface area contributed by atoms with E-state index in [1.54, 1.807) is 32.5 Å². The zero-order chi connectivity index (χ0) is 24.6. The minimum Gasteiger partial charge on any atom is -0.490 e. The van der Waals surface area contributed by atoms with Crippen LogP contribution < -0.4 is 14.9 Å². The number of aryl methyl sites for hydroxylation is 1. The van der Waals surface area contributed by atoms with E-state index in [1.165, 1.54) is 6.07 Å². The smallest absolute Gasteiger partial charge is 0.343 e. The summed E-state index contributed by atoms with van der Waals surface area (Å²) < 4.78 is 24.1. The van der Waals surface area contributed by atoms with Crippen molar-refractivity contribution in [2.75, 3.05) is 33.5 Å². The van der Waals surface area contributed by atoms with Crippen molar-refractivity contribution in [1.29, 1.82) is 0 Å². The van der Waals surface area contributed by atoms with Crippen LogP contribution in [0.4, 0.5) is 0 Å². The molecule has 2 aromatic rings. The van der Waals surface area contributed by atoms with Gasteiger partial charge in [0.2, 0.25) is 0 Å². The number of hydrogen-bond acceptors (Lipinski definition) is 7. The van der Waals surface area contributed by atoms with E-state index in [-0.39, 0.29) is 22.8 Å². The monoisotopic (exact) mass is 492 g/mol. The zero-order valence-electron chi connectivity index (χ0n) is 20.1. The van der Waals surface area contributed by atoms with Crippen molar-refractivity contribution in [3.05, 3.63) is 51.2 Å². The van der Waals surface area contributed by atoms with Gasteiger partial charge in [0.1, 0.15) is 17.9 Å². The Morgan fingerprint density at radius 2 is 1.94 bits per heavy atom. The molecule has 0 amide bonds. The lowest BCUT2D eigenvalue weighted by molar-refractivity contribution is 0.0520. The van der Waals surface area contributed by atoms with Crippen LogP contribution in [0.25, 0.3) is 0 Å². The number of nitrogens with zero attached hydrogens (tertiary/aromatic N) is 2. The van der Waals surface area contributed by atoms with E-state index in [0.717, 1.165) is 38.5 Å². The van der Waals surface area contributed by atoms with E-state index in [4.69, 9.17) is 30.5 Å². The molecule has 0 N–H and O–H groups in total. The minimum absolute atomic E-state index is 0.0328. The highest BCUT2D eigenvalue weighted by Crippen LogP contribution is 2.37. The molecular weight excluding hydrogens is 460 g/mol. The summed E-state index contributed by atoms with van der Waals surface area (Å²) in [4.78, 5) is 29.0. The molecule has 0 aromatic carbocycles. The molecule has 0 saturated heterocycles. The number of carbonyl (C=O) groups is 1. The average molecular weight is 493 g/mol. The largest absolute Gasteiger partial charge is 0.490 e. The molecule has 1 saturated carbocycles. The van der Waals surface area contributed by atoms with E-state index < -0.39 is 11.5 Å². The molecule has 0 atom stereocenters. The molecule has 0 radical (unpaired) electrons. The van der Waals surface area contributed by atoms with Gasteiger partial charge in [-0.3, -0.25) is 4.79 Å². The van der Waals surface area contributed by atoms with Gasteiger partial charge >= 0.3 is 5.97 Å². The van der Waals surface area contributed by atoms with Crippen LogP contribution in [0.3, 0.4) is 0 Å². The SMILES string of the molecule is CCOC(=O)c1cn(C2(COc3cc(OCCCOC)c(Cl)nc3C)CCCCC2)ccc1=O. The van der Waals surface area contributed by atoms with Crippen molar-refractivity contribution in [3.63, 3.8) is 0 Å². The number of ether oxygens (including phenoxy) is 4. The summed E-state index contributed by atoms with van der Waals surface area (Å²) >= 11 is 6.27. The first-order valence-electron chi connectivity index (χ1n) is 11.7. The Balaban J connectivity index is 1.85. The summed E-state index contributed by atoms with van der Waals surface area (Å²) in [6, 6.07) is 3.19. The van der Waals surface area contributed by atoms with E-state index in [2.05, 4.69) is 4.98 Å². The number of methoxy groups -OCH3 is 1. The number of carbonyl (C=O) groups excluding carboxylic acids is 1. The second-order valence-electron chi connectivity index (χ2n) is 8.48. The van der Waals surface area contributed by atoms with Crippen LogP contribution in [0, 0.1) is 6.92 Å². The van der Waals surface area contributed by atoms with E-state index in [9.17, 15) is 9.59 Å². The predicted octanol–water partition coefficient (Wildman–Crippen LogP) is 4.54. The van der Waals surface area contributed by atoms with Gasteiger partial charge < -0.3 is 23.5 Å². The maximum absolute atomic E-state index is 12.3. The number of esters is 1. The molecule has 0 aliphatic heterocycles. The van der Waals surface area contributed by atoms with Gasteiger partial charge in [0, 0.05) is 44.7 Å². The second kappa shape index (κ2) is 12.2. The third-order valence-electron chi connectivity index (χ3n) is 6.08. The molecule has 34 heavy (non-hydrogen) atoms. The van der Waals surface area contributed by atoms with Crippen molar-refractivity contribution in [1.82, 2.24) is 9.55 Å². The van der Waals surface area contributed by atoms with Crippen LogP contribution in [0.15, 0.2) is 29.3 Å². The van der Waals surface area contributed by atoms with Crippen molar-refractivity contribution < 1.29 is 23.7 Å². The van der Waals surface area contributed by atoms with Crippen molar-refractivity contribution in [2.24, 2.45) is 0 Å². The summed E-state index contributed by atoms with van der Waals surface area (Å²) in [5.41, 5.74) is -0.0639. The number of pyridine rings is 2. The molecular formula is C25H33ClN2O6. The van der Waals surface area contributed by atoms with E-state index in [0.29, 0.717) is 37.0 Å². The van der Waals surface area contributed by atoms with Crippen LogP contribution >= 0.6 is 11.6 Å². The summed E-state index contributed by atoms with van der Waals surface area (Å²) in [5.74, 6) is 0.438. The number of hydrogen-bond donors (Lipinski definition) is 0. The summed E-state index contributed by atoms with van der Waals surface area (Å²) in [6.45, 7) is 5.16. The quantitative estimate of drug-likeness (QED) is 0.258. The third kappa shape index (κ3) is 6.30. The fourth-order valence-corrected chi connectivity index (χ4v) is 4.45. The van der Waals surface area contributed by atoms with Crippen LogP contribution in [0.2, 0.25) is 5.15 Å². The first-order chi connectivity index (χ1) is 16.4. The predicted molar refractivity (Wildman–Crippen MR) is 129 cm³/mol. The lowest BCUT2D eigenvalue weighted by Gasteiger charge is -2.39. The van der Waals surface area contributed by atoms with Gasteiger partial charge in [0.25, 0.3) is 0 Å². The number of halogens is 1. The summed E-state index contributed by atoms with van der Waals surface area (Å²) in [6.07, 6.45) is 8.97. The van der Waals surface area contributed by atoms with Crippen LogP contribution in [-0.2, 0) is 15.0 Å². The Labute approximate surface area is 205 Å². The Hall–Kier alpha value is -2.58. The fraction of sp³-hybridized carbons (Fsp3) is 0.560. The lowest BCUT2D eigenvalue weighted by Crippen LogP contribution is -2.42. The molecule has 0 bridgehead atoms. The highest BCUT2D eigenvalue weighted by molar-refractivity contribution is 6.30. The highest BCUT2D eigenvalue weighted by atomic mass is 35.5. The van der Waals surface area contributed by atoms with Gasteiger partial charge in [-0.1, -0.05) is 30.9 Å². The topological polar surface area (TPSA) is 88.9 Å². The summed E-state index contributed by atoms with van der Waals surface area (Å²) in [7, 11) is 1.64. The highest BCUT2D eigenvalue weighted by Gasteiger charge is 2.35. The molecule has 2 heterocycles. The standard InChI is InChI=1S/C25H33ClN2O6/c1-4-32-24(30)19-16-28(12-9-20(19)29)25(10-6-5-7-11-25)17-34-21-15-22(23(26)27-18(21)2)33-14-8-13-31-3/h9,12,15-16H,4-8,10-11,13-14,17H2,1-3H3. The van der Waals surface area contributed by atoms with Gasteiger partial charge in [-0.15, -0.1) is 0 Å². The van der Waals surface area contributed by atoms with Crippen LogP contribution in [-0.4, -0.2) is 49.1 Å². The molecule has 9 heteroatoms. The number of rotatable bonds is 11. The normalized spacial score (nSPS) is 15.1. The van der Waals surface area contributed by atoms with E-state index >= 15 is 0 Å². The molecule has 0 spiro atoms. The first kappa shape index (κ1) is 26.0. The Kier molecular flexibility index (Phi) is 9.36. The molecule has 1 fully saturated rings. The third-order valence-corrected chi connectivity index (χ3v) is 6.35. The fourth-order valence-electron chi connectivity index (χ4n) is 4.21. The molecule has 1 aliphatic rings. The Morgan fingerprint density at radius 1 is 1.18 bits per heavy atom. The maximum atomic E-state index is 12.3. The second-order valence-corrected chi connectivity index (χ2v) is 8.84. The Bertz CT molecular complexity index is 1030. The van der Waals surface area contributed by atoms with Crippen LogP contribution in [0.5, 0.6) is 11.5 Å². The van der Waals surface area contributed by atoms with Gasteiger partial charge in [-0.25, -0.2) is 9.78 Å². The van der Waals surface area contributed by atoms with Crippen molar-refractivity contribution in [3.8, 4) is 11.5 Å². The van der Waals surface area contributed by atoms with Gasteiger partial charge in [-0.05, 0) is 26.7 Å². The molecule has 1 aliphatic carbocycles. The van der Waals surface area contributed by atoms with E-state index in [1.807, 2.05) is 11.5 Å².